The average molecular weight is 422 g/mol. The number of hydrogen-bond donors (Lipinski definition) is 1. The van der Waals surface area contributed by atoms with Crippen molar-refractivity contribution in [2.75, 3.05) is 25.6 Å². The first-order chi connectivity index (χ1) is 12.6. The van der Waals surface area contributed by atoms with Crippen LogP contribution in [0.2, 0.25) is 0 Å². The highest BCUT2D eigenvalue weighted by Gasteiger charge is 2.42. The summed E-state index contributed by atoms with van der Waals surface area (Å²) in [6.45, 7) is 3.19. The Bertz CT molecular complexity index is 829. The van der Waals surface area contributed by atoms with Crippen molar-refractivity contribution in [1.82, 2.24) is 0 Å². The van der Waals surface area contributed by atoms with Gasteiger partial charge < -0.3 is 19.5 Å². The van der Waals surface area contributed by atoms with Gasteiger partial charge in [-0.25, -0.2) is 4.39 Å². The van der Waals surface area contributed by atoms with Crippen LogP contribution in [-0.2, 0) is 4.74 Å². The van der Waals surface area contributed by atoms with Crippen LogP contribution in [0.15, 0.2) is 34.8 Å². The van der Waals surface area contributed by atoms with Gasteiger partial charge in [-0.1, -0.05) is 0 Å². The van der Waals surface area contributed by atoms with Crippen LogP contribution in [0.5, 0.6) is 11.5 Å². The second kappa shape index (κ2) is 7.08. The number of anilines is 1. The highest BCUT2D eigenvalue weighted by molar-refractivity contribution is 9.10. The minimum atomic E-state index is -0.232. The van der Waals surface area contributed by atoms with E-state index in [1.165, 1.54) is 6.07 Å². The number of rotatable bonds is 4. The van der Waals surface area contributed by atoms with E-state index in [9.17, 15) is 4.39 Å². The molecule has 1 fully saturated rings. The predicted octanol–water partition coefficient (Wildman–Crippen LogP) is 5.24. The highest BCUT2D eigenvalue weighted by Crippen LogP contribution is 2.51. The van der Waals surface area contributed by atoms with E-state index in [-0.39, 0.29) is 23.9 Å². The van der Waals surface area contributed by atoms with Crippen LogP contribution >= 0.6 is 15.9 Å². The summed E-state index contributed by atoms with van der Waals surface area (Å²) in [5, 5.41) is 3.58. The maximum absolute atomic E-state index is 13.7. The lowest BCUT2D eigenvalue weighted by Crippen LogP contribution is -2.29. The van der Waals surface area contributed by atoms with E-state index in [2.05, 4.69) is 27.3 Å². The lowest BCUT2D eigenvalue weighted by Gasteiger charge is -2.36. The van der Waals surface area contributed by atoms with Crippen LogP contribution in [0.1, 0.15) is 36.6 Å². The Kier molecular flexibility index (Phi) is 4.80. The van der Waals surface area contributed by atoms with Crippen molar-refractivity contribution in [2.24, 2.45) is 5.92 Å². The number of hydrogen-bond acceptors (Lipinski definition) is 4. The first-order valence-electron chi connectivity index (χ1n) is 8.80. The van der Waals surface area contributed by atoms with Crippen molar-refractivity contribution in [3.8, 4) is 11.5 Å². The summed E-state index contributed by atoms with van der Waals surface area (Å²) < 4.78 is 31.8. The van der Waals surface area contributed by atoms with Crippen molar-refractivity contribution >= 4 is 21.6 Å². The molecule has 0 bridgehead atoms. The summed E-state index contributed by atoms with van der Waals surface area (Å²) in [6, 6.07) is 8.99. The summed E-state index contributed by atoms with van der Waals surface area (Å²) in [4.78, 5) is 0. The Morgan fingerprint density at radius 3 is 2.92 bits per heavy atom. The molecule has 26 heavy (non-hydrogen) atoms. The van der Waals surface area contributed by atoms with E-state index in [0.29, 0.717) is 24.7 Å². The minimum absolute atomic E-state index is 0.0573. The van der Waals surface area contributed by atoms with Gasteiger partial charge in [0.25, 0.3) is 0 Å². The molecular formula is C20H21BrFNO3. The second-order valence-electron chi connectivity index (χ2n) is 6.56. The molecule has 1 saturated heterocycles. The van der Waals surface area contributed by atoms with Gasteiger partial charge >= 0.3 is 0 Å². The van der Waals surface area contributed by atoms with Gasteiger partial charge in [-0.05, 0) is 65.2 Å². The van der Waals surface area contributed by atoms with Gasteiger partial charge in [-0.15, -0.1) is 0 Å². The fourth-order valence-corrected chi connectivity index (χ4v) is 4.62. The fraction of sp³-hybridized carbons (Fsp3) is 0.400. The summed E-state index contributed by atoms with van der Waals surface area (Å²) in [6.07, 6.45) is 0.828. The molecule has 0 aliphatic carbocycles. The quantitative estimate of drug-likeness (QED) is 0.732. The second-order valence-corrected chi connectivity index (χ2v) is 7.42. The van der Waals surface area contributed by atoms with Crippen LogP contribution in [0.25, 0.3) is 0 Å². The van der Waals surface area contributed by atoms with Crippen LogP contribution in [0, 0.1) is 11.7 Å². The Balaban J connectivity index is 1.77. The zero-order valence-electron chi connectivity index (χ0n) is 14.7. The van der Waals surface area contributed by atoms with E-state index in [1.54, 1.807) is 19.2 Å². The lowest BCUT2D eigenvalue weighted by molar-refractivity contribution is 0.0826. The van der Waals surface area contributed by atoms with Gasteiger partial charge in [0, 0.05) is 23.8 Å². The van der Waals surface area contributed by atoms with Crippen LogP contribution in [-0.4, -0.2) is 20.3 Å². The number of methoxy groups -OCH3 is 1. The first kappa shape index (κ1) is 17.6. The summed E-state index contributed by atoms with van der Waals surface area (Å²) in [7, 11) is 1.63. The van der Waals surface area contributed by atoms with Crippen LogP contribution in [0.4, 0.5) is 10.1 Å². The van der Waals surface area contributed by atoms with E-state index in [0.717, 1.165) is 27.7 Å². The minimum Gasteiger partial charge on any atom is -0.492 e. The zero-order chi connectivity index (χ0) is 18.3. The molecule has 0 aromatic heterocycles. The number of benzene rings is 2. The van der Waals surface area contributed by atoms with Crippen molar-refractivity contribution in [3.63, 3.8) is 0 Å². The molecule has 0 radical (unpaired) electrons. The Hall–Kier alpha value is -1.79. The summed E-state index contributed by atoms with van der Waals surface area (Å²) in [5.41, 5.74) is 2.92. The molecule has 2 aromatic carbocycles. The Labute approximate surface area is 160 Å². The molecule has 0 saturated carbocycles. The normalized spacial score (nSPS) is 23.8. The number of fused-ring (bicyclic) bond motifs is 3. The SMILES string of the molecule is CCOc1cc(C2Nc3ccc(F)cc3[C@H]3OCC[C@@H]23)cc(Br)c1OC. The Morgan fingerprint density at radius 1 is 1.31 bits per heavy atom. The molecule has 1 N–H and O–H groups in total. The molecule has 2 heterocycles. The van der Waals surface area contributed by atoms with Crippen molar-refractivity contribution < 1.29 is 18.6 Å². The third-order valence-electron chi connectivity index (χ3n) is 5.09. The summed E-state index contributed by atoms with van der Waals surface area (Å²) >= 11 is 3.60. The largest absolute Gasteiger partial charge is 0.492 e. The molecule has 6 heteroatoms. The monoisotopic (exact) mass is 421 g/mol. The van der Waals surface area contributed by atoms with Gasteiger partial charge in [0.05, 0.1) is 30.3 Å². The molecule has 3 atom stereocenters. The van der Waals surface area contributed by atoms with Gasteiger partial charge in [-0.3, -0.25) is 0 Å². The first-order valence-corrected chi connectivity index (χ1v) is 9.59. The van der Waals surface area contributed by atoms with Gasteiger partial charge in [-0.2, -0.15) is 0 Å². The third kappa shape index (κ3) is 2.95. The molecular weight excluding hydrogens is 401 g/mol. The predicted molar refractivity (Wildman–Crippen MR) is 101 cm³/mol. The van der Waals surface area contributed by atoms with Gasteiger partial charge in [0.15, 0.2) is 11.5 Å². The fourth-order valence-electron chi connectivity index (χ4n) is 4.00. The van der Waals surface area contributed by atoms with Gasteiger partial charge in [0.1, 0.15) is 5.82 Å². The van der Waals surface area contributed by atoms with Crippen molar-refractivity contribution in [1.29, 1.82) is 0 Å². The van der Waals surface area contributed by atoms with E-state index < -0.39 is 0 Å². The van der Waals surface area contributed by atoms with E-state index in [1.807, 2.05) is 13.0 Å². The molecule has 4 nitrogen and oxygen atoms in total. The average Bonchev–Trinajstić information content (AvgIpc) is 3.11. The number of halogens is 2. The smallest absolute Gasteiger partial charge is 0.174 e. The number of ether oxygens (including phenoxy) is 3. The molecule has 2 aliphatic rings. The molecule has 1 unspecified atom stereocenters. The molecule has 138 valence electrons. The molecule has 0 spiro atoms. The molecule has 2 aromatic rings. The zero-order valence-corrected chi connectivity index (χ0v) is 16.3. The third-order valence-corrected chi connectivity index (χ3v) is 5.68. The maximum atomic E-state index is 13.7. The lowest BCUT2D eigenvalue weighted by atomic mass is 9.81. The molecule has 4 rings (SSSR count). The molecule has 2 aliphatic heterocycles. The van der Waals surface area contributed by atoms with Crippen molar-refractivity contribution in [2.45, 2.75) is 25.5 Å². The van der Waals surface area contributed by atoms with E-state index >= 15 is 0 Å². The molecule has 0 amide bonds. The highest BCUT2D eigenvalue weighted by atomic mass is 79.9. The summed E-state index contributed by atoms with van der Waals surface area (Å²) in [5.74, 6) is 1.40. The number of nitrogens with one attached hydrogen (secondary N) is 1. The van der Waals surface area contributed by atoms with Crippen molar-refractivity contribution in [3.05, 3.63) is 51.7 Å². The van der Waals surface area contributed by atoms with Crippen LogP contribution in [0.3, 0.4) is 0 Å². The van der Waals surface area contributed by atoms with Gasteiger partial charge in [0.2, 0.25) is 0 Å². The maximum Gasteiger partial charge on any atom is 0.174 e. The Morgan fingerprint density at radius 2 is 2.15 bits per heavy atom. The van der Waals surface area contributed by atoms with Crippen LogP contribution < -0.4 is 14.8 Å². The van der Waals surface area contributed by atoms with E-state index in [4.69, 9.17) is 14.2 Å². The topological polar surface area (TPSA) is 39.7 Å². The standard InChI is InChI=1S/C20H21BrFNO3/c1-3-25-17-9-11(8-15(21)20(17)24-2)18-13-6-7-26-19(13)14-10-12(22)4-5-16(14)23-18/h4-5,8-10,13,18-19,23H,3,6-7H2,1-2H3/t13-,18?,19-/m0/s1.